The van der Waals surface area contributed by atoms with Crippen LogP contribution in [0.3, 0.4) is 0 Å². The number of aryl methyl sites for hydroxylation is 3. The Balaban J connectivity index is 1.98. The third-order valence-corrected chi connectivity index (χ3v) is 3.11. The summed E-state index contributed by atoms with van der Waals surface area (Å²) in [6, 6.07) is 2.03. The van der Waals surface area contributed by atoms with Crippen molar-refractivity contribution in [3.05, 3.63) is 35.7 Å². The zero-order valence-electron chi connectivity index (χ0n) is 11.8. The van der Waals surface area contributed by atoms with Gasteiger partial charge in [-0.15, -0.1) is 0 Å². The van der Waals surface area contributed by atoms with Gasteiger partial charge in [-0.2, -0.15) is 5.10 Å². The molecule has 1 amide bonds. The normalized spacial score (nSPS) is 10.7. The number of imidazole rings is 1. The van der Waals surface area contributed by atoms with Crippen LogP contribution in [-0.2, 0) is 13.6 Å². The van der Waals surface area contributed by atoms with Gasteiger partial charge >= 0.3 is 0 Å². The fraction of sp³-hybridized carbons (Fsp3) is 0.462. The van der Waals surface area contributed by atoms with E-state index in [2.05, 4.69) is 10.1 Å². The average molecular weight is 261 g/mol. The van der Waals surface area contributed by atoms with Gasteiger partial charge in [-0.1, -0.05) is 0 Å². The van der Waals surface area contributed by atoms with Crippen molar-refractivity contribution in [2.75, 3.05) is 13.6 Å². The molecule has 0 aliphatic heterocycles. The van der Waals surface area contributed by atoms with Gasteiger partial charge in [-0.05, 0) is 19.9 Å². The topological polar surface area (TPSA) is 56.0 Å². The predicted molar refractivity (Wildman–Crippen MR) is 71.9 cm³/mol. The lowest BCUT2D eigenvalue weighted by Gasteiger charge is -2.17. The summed E-state index contributed by atoms with van der Waals surface area (Å²) in [5, 5.41) is 4.38. The minimum absolute atomic E-state index is 0.0750. The quantitative estimate of drug-likeness (QED) is 0.825. The van der Waals surface area contributed by atoms with Gasteiger partial charge in [0.15, 0.2) is 5.82 Å². The maximum Gasteiger partial charge on any atom is 0.289 e. The molecule has 2 aromatic heterocycles. The van der Waals surface area contributed by atoms with Crippen LogP contribution in [0.4, 0.5) is 0 Å². The van der Waals surface area contributed by atoms with E-state index in [0.29, 0.717) is 18.9 Å². The van der Waals surface area contributed by atoms with Crippen molar-refractivity contribution >= 4 is 5.91 Å². The number of hydrogen-bond acceptors (Lipinski definition) is 3. The number of aromatic nitrogens is 4. The minimum atomic E-state index is -0.0750. The summed E-state index contributed by atoms with van der Waals surface area (Å²) in [7, 11) is 3.60. The van der Waals surface area contributed by atoms with Gasteiger partial charge in [0.1, 0.15) is 0 Å². The second kappa shape index (κ2) is 5.26. The molecule has 2 aromatic rings. The first-order chi connectivity index (χ1) is 8.99. The molecule has 0 aliphatic rings. The summed E-state index contributed by atoms with van der Waals surface area (Å²) in [5.41, 5.74) is 2.10. The van der Waals surface area contributed by atoms with E-state index >= 15 is 0 Å². The number of likely N-dealkylation sites (N-methyl/N-ethyl adjacent to an activating group) is 1. The Bertz CT molecular complexity index is 584. The van der Waals surface area contributed by atoms with Crippen molar-refractivity contribution in [3.8, 4) is 0 Å². The average Bonchev–Trinajstić information content (AvgIpc) is 2.91. The van der Waals surface area contributed by atoms with Crippen molar-refractivity contribution in [2.24, 2.45) is 7.05 Å². The van der Waals surface area contributed by atoms with Crippen LogP contribution in [0.25, 0.3) is 0 Å². The number of carbonyl (C=O) groups excluding carboxylic acids is 1. The summed E-state index contributed by atoms with van der Waals surface area (Å²) < 4.78 is 3.64. The summed E-state index contributed by atoms with van der Waals surface area (Å²) in [5.74, 6) is 0.380. The molecule has 0 aliphatic carbocycles. The second-order valence-corrected chi connectivity index (χ2v) is 4.74. The Morgan fingerprint density at radius 3 is 2.68 bits per heavy atom. The van der Waals surface area contributed by atoms with Crippen molar-refractivity contribution in [1.29, 1.82) is 0 Å². The van der Waals surface area contributed by atoms with Crippen LogP contribution in [0.2, 0.25) is 0 Å². The standard InChI is InChI=1S/C13H19N5O/c1-10-9-11(2)18(15-10)8-7-17(4)13(19)12-14-5-6-16(12)3/h5-6,9H,7-8H2,1-4H3. The Morgan fingerprint density at radius 1 is 1.42 bits per heavy atom. The molecular formula is C13H19N5O. The maximum absolute atomic E-state index is 12.2. The molecule has 0 spiro atoms. The molecule has 6 heteroatoms. The largest absolute Gasteiger partial charge is 0.337 e. The first-order valence-corrected chi connectivity index (χ1v) is 6.23. The van der Waals surface area contributed by atoms with E-state index in [1.54, 1.807) is 28.9 Å². The zero-order chi connectivity index (χ0) is 14.0. The maximum atomic E-state index is 12.2. The van der Waals surface area contributed by atoms with E-state index in [-0.39, 0.29) is 5.91 Å². The Labute approximate surface area is 112 Å². The monoisotopic (exact) mass is 261 g/mol. The van der Waals surface area contributed by atoms with Crippen LogP contribution in [-0.4, -0.2) is 43.7 Å². The molecule has 0 bridgehead atoms. The lowest BCUT2D eigenvalue weighted by atomic mass is 10.4. The van der Waals surface area contributed by atoms with Gasteiger partial charge in [0.05, 0.1) is 12.2 Å². The number of amides is 1. The van der Waals surface area contributed by atoms with Crippen LogP contribution < -0.4 is 0 Å². The number of hydrogen-bond donors (Lipinski definition) is 0. The molecule has 0 atom stereocenters. The molecule has 0 radical (unpaired) electrons. The van der Waals surface area contributed by atoms with E-state index in [0.717, 1.165) is 11.4 Å². The van der Waals surface area contributed by atoms with E-state index in [1.165, 1.54) is 0 Å². The van der Waals surface area contributed by atoms with Crippen molar-refractivity contribution < 1.29 is 4.79 Å². The van der Waals surface area contributed by atoms with Gasteiger partial charge < -0.3 is 9.47 Å². The zero-order valence-corrected chi connectivity index (χ0v) is 11.8. The first-order valence-electron chi connectivity index (χ1n) is 6.23. The predicted octanol–water partition coefficient (Wildman–Crippen LogP) is 1.01. The molecule has 0 fully saturated rings. The number of nitrogens with zero attached hydrogens (tertiary/aromatic N) is 5. The second-order valence-electron chi connectivity index (χ2n) is 4.74. The summed E-state index contributed by atoms with van der Waals surface area (Å²) in [6.07, 6.45) is 3.39. The van der Waals surface area contributed by atoms with Gasteiger partial charge in [0, 0.05) is 38.7 Å². The molecule has 0 saturated carbocycles. The first kappa shape index (κ1) is 13.3. The summed E-state index contributed by atoms with van der Waals surface area (Å²) >= 11 is 0. The molecule has 2 rings (SSSR count). The lowest BCUT2D eigenvalue weighted by Crippen LogP contribution is -2.32. The molecule has 102 valence electrons. The molecule has 0 saturated heterocycles. The molecule has 6 nitrogen and oxygen atoms in total. The summed E-state index contributed by atoms with van der Waals surface area (Å²) in [4.78, 5) is 17.9. The fourth-order valence-corrected chi connectivity index (χ4v) is 1.99. The van der Waals surface area contributed by atoms with E-state index in [4.69, 9.17) is 0 Å². The van der Waals surface area contributed by atoms with Gasteiger partial charge in [0.25, 0.3) is 5.91 Å². The van der Waals surface area contributed by atoms with Crippen molar-refractivity contribution in [1.82, 2.24) is 24.2 Å². The Morgan fingerprint density at radius 2 is 2.16 bits per heavy atom. The molecule has 2 heterocycles. The smallest absolute Gasteiger partial charge is 0.289 e. The highest BCUT2D eigenvalue weighted by Crippen LogP contribution is 2.03. The highest BCUT2D eigenvalue weighted by Gasteiger charge is 2.16. The van der Waals surface area contributed by atoms with Crippen LogP contribution >= 0.6 is 0 Å². The highest BCUT2D eigenvalue weighted by molar-refractivity contribution is 5.90. The summed E-state index contributed by atoms with van der Waals surface area (Å²) in [6.45, 7) is 5.27. The molecule has 0 unspecified atom stereocenters. The van der Waals surface area contributed by atoms with Crippen LogP contribution in [0.1, 0.15) is 22.0 Å². The molecule has 19 heavy (non-hydrogen) atoms. The third-order valence-electron chi connectivity index (χ3n) is 3.11. The fourth-order valence-electron chi connectivity index (χ4n) is 1.99. The van der Waals surface area contributed by atoms with E-state index in [1.807, 2.05) is 31.6 Å². The Kier molecular flexibility index (Phi) is 3.69. The van der Waals surface area contributed by atoms with Crippen LogP contribution in [0.15, 0.2) is 18.5 Å². The SMILES string of the molecule is Cc1cc(C)n(CCN(C)C(=O)c2nccn2C)n1. The van der Waals surface area contributed by atoms with Crippen LogP contribution in [0, 0.1) is 13.8 Å². The molecule has 0 N–H and O–H groups in total. The van der Waals surface area contributed by atoms with Gasteiger partial charge in [-0.25, -0.2) is 4.98 Å². The number of rotatable bonds is 4. The van der Waals surface area contributed by atoms with Crippen molar-refractivity contribution in [2.45, 2.75) is 20.4 Å². The van der Waals surface area contributed by atoms with E-state index in [9.17, 15) is 4.79 Å². The van der Waals surface area contributed by atoms with Crippen LogP contribution in [0.5, 0.6) is 0 Å². The van der Waals surface area contributed by atoms with Gasteiger partial charge in [-0.3, -0.25) is 9.48 Å². The van der Waals surface area contributed by atoms with E-state index < -0.39 is 0 Å². The highest BCUT2D eigenvalue weighted by atomic mass is 16.2. The Hall–Kier alpha value is -2.11. The third kappa shape index (κ3) is 2.83. The minimum Gasteiger partial charge on any atom is -0.337 e. The number of carbonyl (C=O) groups is 1. The van der Waals surface area contributed by atoms with Crippen molar-refractivity contribution in [3.63, 3.8) is 0 Å². The molecule has 0 aromatic carbocycles. The lowest BCUT2D eigenvalue weighted by molar-refractivity contribution is 0.0773. The molecular weight excluding hydrogens is 242 g/mol. The van der Waals surface area contributed by atoms with Gasteiger partial charge in [0.2, 0.25) is 0 Å².